The normalized spacial score (nSPS) is 18.9. The molecule has 18 heavy (non-hydrogen) atoms. The minimum Gasteiger partial charge on any atom is -0.480 e. The molecule has 0 aliphatic carbocycles. The van der Waals surface area contributed by atoms with E-state index in [1.54, 1.807) is 24.3 Å². The maximum atomic E-state index is 12.0. The van der Waals surface area contributed by atoms with Crippen molar-refractivity contribution in [1.29, 1.82) is 0 Å². The van der Waals surface area contributed by atoms with E-state index in [0.29, 0.717) is 16.7 Å². The average molecular weight is 286 g/mol. The first-order valence-electron chi connectivity index (χ1n) is 5.42. The van der Waals surface area contributed by atoms with Crippen molar-refractivity contribution >= 4 is 35.2 Å². The molecule has 1 unspecified atom stereocenters. The zero-order chi connectivity index (χ0) is 13.1. The first-order chi connectivity index (χ1) is 8.58. The molecule has 2 rings (SSSR count). The van der Waals surface area contributed by atoms with Crippen molar-refractivity contribution in [3.8, 4) is 0 Å². The van der Waals surface area contributed by atoms with Crippen molar-refractivity contribution < 1.29 is 14.7 Å². The molecule has 0 bridgehead atoms. The number of nitrogens with zero attached hydrogens (tertiary/aromatic N) is 1. The van der Waals surface area contributed by atoms with E-state index in [-0.39, 0.29) is 12.3 Å². The highest BCUT2D eigenvalue weighted by molar-refractivity contribution is 7.99. The smallest absolute Gasteiger partial charge is 0.327 e. The number of hydrogen-bond donors (Lipinski definition) is 1. The van der Waals surface area contributed by atoms with Gasteiger partial charge < -0.3 is 10.0 Å². The van der Waals surface area contributed by atoms with Crippen LogP contribution in [0.3, 0.4) is 0 Å². The summed E-state index contributed by atoms with van der Waals surface area (Å²) in [6.45, 7) is 0. The Kier molecular flexibility index (Phi) is 4.14. The number of carbonyl (C=O) groups is 2. The highest BCUT2D eigenvalue weighted by atomic mass is 35.5. The van der Waals surface area contributed by atoms with Crippen LogP contribution in [-0.2, 0) is 16.0 Å². The molecule has 1 atom stereocenters. The Morgan fingerprint density at radius 1 is 1.39 bits per heavy atom. The number of carbonyl (C=O) groups excluding carboxylic acids is 1. The van der Waals surface area contributed by atoms with Gasteiger partial charge in [-0.1, -0.05) is 23.7 Å². The number of thioether (sulfide) groups is 1. The van der Waals surface area contributed by atoms with Crippen molar-refractivity contribution in [2.45, 2.75) is 12.5 Å². The van der Waals surface area contributed by atoms with Crippen LogP contribution >= 0.6 is 23.4 Å². The summed E-state index contributed by atoms with van der Waals surface area (Å²) in [6.07, 6.45) is 0.210. The molecule has 1 aromatic rings. The van der Waals surface area contributed by atoms with Crippen LogP contribution in [0.15, 0.2) is 24.3 Å². The second-order valence-electron chi connectivity index (χ2n) is 4.02. The van der Waals surface area contributed by atoms with Gasteiger partial charge in [0.2, 0.25) is 5.91 Å². The van der Waals surface area contributed by atoms with Crippen molar-refractivity contribution in [1.82, 2.24) is 4.90 Å². The van der Waals surface area contributed by atoms with Gasteiger partial charge in [0.25, 0.3) is 0 Å². The molecule has 1 saturated heterocycles. The number of hydrogen-bond acceptors (Lipinski definition) is 3. The molecule has 1 N–H and O–H groups in total. The van der Waals surface area contributed by atoms with E-state index in [2.05, 4.69) is 0 Å². The van der Waals surface area contributed by atoms with Gasteiger partial charge >= 0.3 is 5.97 Å². The van der Waals surface area contributed by atoms with E-state index in [1.165, 1.54) is 16.7 Å². The number of halogens is 1. The van der Waals surface area contributed by atoms with E-state index >= 15 is 0 Å². The highest BCUT2D eigenvalue weighted by Crippen LogP contribution is 2.22. The number of rotatable bonds is 3. The zero-order valence-corrected chi connectivity index (χ0v) is 11.1. The topological polar surface area (TPSA) is 57.6 Å². The van der Waals surface area contributed by atoms with E-state index in [4.69, 9.17) is 16.7 Å². The molecule has 0 spiro atoms. The molecule has 1 aromatic carbocycles. The molecule has 0 radical (unpaired) electrons. The van der Waals surface area contributed by atoms with Gasteiger partial charge in [0, 0.05) is 10.8 Å². The van der Waals surface area contributed by atoms with Crippen LogP contribution in [0.25, 0.3) is 0 Å². The fraction of sp³-hybridized carbons (Fsp3) is 0.333. The van der Waals surface area contributed by atoms with Gasteiger partial charge in [0.15, 0.2) is 0 Å². The Bertz CT molecular complexity index is 463. The fourth-order valence-corrected chi connectivity index (χ4v) is 3.07. The van der Waals surface area contributed by atoms with Gasteiger partial charge in [-0.05, 0) is 17.7 Å². The summed E-state index contributed by atoms with van der Waals surface area (Å²) >= 11 is 7.23. The minimum absolute atomic E-state index is 0.158. The van der Waals surface area contributed by atoms with Crippen molar-refractivity contribution in [2.24, 2.45) is 0 Å². The van der Waals surface area contributed by atoms with E-state index in [1.807, 2.05) is 0 Å². The van der Waals surface area contributed by atoms with Crippen molar-refractivity contribution in [3.05, 3.63) is 34.9 Å². The standard InChI is InChI=1S/C12H12ClNO3S/c13-9-3-1-8(2-4-9)5-11(15)14-7-18-6-10(14)12(16)17/h1-4,10H,5-7H2,(H,16,17). The summed E-state index contributed by atoms with van der Waals surface area (Å²) in [5, 5.41) is 9.63. The van der Waals surface area contributed by atoms with Gasteiger partial charge in [-0.25, -0.2) is 4.79 Å². The van der Waals surface area contributed by atoms with E-state index in [9.17, 15) is 9.59 Å². The summed E-state index contributed by atoms with van der Waals surface area (Å²) in [6, 6.07) is 6.29. The van der Waals surface area contributed by atoms with Gasteiger partial charge in [-0.3, -0.25) is 4.79 Å². The maximum Gasteiger partial charge on any atom is 0.327 e. The monoisotopic (exact) mass is 285 g/mol. The molecule has 1 heterocycles. The quantitative estimate of drug-likeness (QED) is 0.921. The van der Waals surface area contributed by atoms with Crippen LogP contribution in [0, 0.1) is 0 Å². The molecule has 1 fully saturated rings. The van der Waals surface area contributed by atoms with Crippen LogP contribution < -0.4 is 0 Å². The summed E-state index contributed by atoms with van der Waals surface area (Å²) in [5.41, 5.74) is 0.838. The van der Waals surface area contributed by atoms with Crippen LogP contribution in [-0.4, -0.2) is 39.6 Å². The third kappa shape index (κ3) is 2.97. The lowest BCUT2D eigenvalue weighted by Gasteiger charge is -2.20. The fourth-order valence-electron chi connectivity index (χ4n) is 1.77. The molecule has 96 valence electrons. The Labute approximate surface area is 114 Å². The van der Waals surface area contributed by atoms with Crippen LogP contribution in [0.4, 0.5) is 0 Å². The molecule has 1 aliphatic heterocycles. The molecular weight excluding hydrogens is 274 g/mol. The number of benzene rings is 1. The largest absolute Gasteiger partial charge is 0.480 e. The van der Waals surface area contributed by atoms with Gasteiger partial charge in [0.05, 0.1) is 12.3 Å². The third-order valence-electron chi connectivity index (χ3n) is 2.76. The number of amides is 1. The maximum absolute atomic E-state index is 12.0. The summed E-state index contributed by atoms with van der Waals surface area (Å²) in [7, 11) is 0. The minimum atomic E-state index is -0.940. The Morgan fingerprint density at radius 2 is 2.06 bits per heavy atom. The van der Waals surface area contributed by atoms with Gasteiger partial charge in [0.1, 0.15) is 6.04 Å². The number of carboxylic acid groups (broad SMARTS) is 1. The van der Waals surface area contributed by atoms with Crippen LogP contribution in [0.1, 0.15) is 5.56 Å². The molecule has 1 amide bonds. The molecule has 0 saturated carbocycles. The number of carboxylic acids is 1. The predicted molar refractivity (Wildman–Crippen MR) is 70.8 cm³/mol. The molecule has 4 nitrogen and oxygen atoms in total. The summed E-state index contributed by atoms with van der Waals surface area (Å²) in [5.74, 6) is -0.190. The first kappa shape index (κ1) is 13.2. The summed E-state index contributed by atoms with van der Waals surface area (Å²) < 4.78 is 0. The highest BCUT2D eigenvalue weighted by Gasteiger charge is 2.34. The summed E-state index contributed by atoms with van der Waals surface area (Å²) in [4.78, 5) is 24.4. The van der Waals surface area contributed by atoms with Crippen molar-refractivity contribution in [2.75, 3.05) is 11.6 Å². The molecule has 6 heteroatoms. The van der Waals surface area contributed by atoms with E-state index < -0.39 is 12.0 Å². The van der Waals surface area contributed by atoms with Crippen LogP contribution in [0.5, 0.6) is 0 Å². The van der Waals surface area contributed by atoms with Gasteiger partial charge in [-0.2, -0.15) is 0 Å². The van der Waals surface area contributed by atoms with Crippen LogP contribution in [0.2, 0.25) is 5.02 Å². The molecular formula is C12H12ClNO3S. The molecule has 0 aromatic heterocycles. The third-order valence-corrected chi connectivity index (χ3v) is 4.02. The predicted octanol–water partition coefficient (Wildman–Crippen LogP) is 1.87. The van der Waals surface area contributed by atoms with E-state index in [0.717, 1.165) is 5.56 Å². The second-order valence-corrected chi connectivity index (χ2v) is 5.46. The molecule has 1 aliphatic rings. The number of aliphatic carboxylic acids is 1. The second kappa shape index (κ2) is 5.63. The Balaban J connectivity index is 2.03. The van der Waals surface area contributed by atoms with Crippen molar-refractivity contribution in [3.63, 3.8) is 0 Å². The zero-order valence-electron chi connectivity index (χ0n) is 9.51. The lowest BCUT2D eigenvalue weighted by atomic mass is 10.1. The Morgan fingerprint density at radius 3 is 2.67 bits per heavy atom. The average Bonchev–Trinajstić information content (AvgIpc) is 2.81. The lowest BCUT2D eigenvalue weighted by Crippen LogP contribution is -2.42. The SMILES string of the molecule is O=C(O)C1CSCN1C(=O)Cc1ccc(Cl)cc1. The lowest BCUT2D eigenvalue weighted by molar-refractivity contribution is -0.147. The first-order valence-corrected chi connectivity index (χ1v) is 6.95. The van der Waals surface area contributed by atoms with Gasteiger partial charge in [-0.15, -0.1) is 11.8 Å². The Hall–Kier alpha value is -1.20.